The Kier molecular flexibility index (Phi) is 8.31. The first-order valence-corrected chi connectivity index (χ1v) is 9.88. The van der Waals surface area contributed by atoms with Crippen LogP contribution in [-0.4, -0.2) is 36.3 Å². The zero-order chi connectivity index (χ0) is 23.0. The Balaban J connectivity index is 1.90. The lowest BCUT2D eigenvalue weighted by molar-refractivity contribution is -0.150. The van der Waals surface area contributed by atoms with E-state index in [2.05, 4.69) is 16.0 Å². The summed E-state index contributed by atoms with van der Waals surface area (Å²) >= 11 is 0. The second-order valence-electron chi connectivity index (χ2n) is 7.42. The highest BCUT2D eigenvalue weighted by Gasteiger charge is 2.27. The third-order valence-electron chi connectivity index (χ3n) is 4.43. The van der Waals surface area contributed by atoms with Crippen LogP contribution in [0.15, 0.2) is 48.5 Å². The number of aryl methyl sites for hydroxylation is 1. The fourth-order valence-corrected chi connectivity index (χ4v) is 2.81. The Bertz CT molecular complexity index is 954. The molecule has 1 atom stereocenters. The van der Waals surface area contributed by atoms with Crippen molar-refractivity contribution in [2.45, 2.75) is 33.7 Å². The van der Waals surface area contributed by atoms with Gasteiger partial charge in [0, 0.05) is 23.9 Å². The van der Waals surface area contributed by atoms with Crippen LogP contribution in [0.25, 0.3) is 0 Å². The average molecular weight is 425 g/mol. The van der Waals surface area contributed by atoms with E-state index in [0.717, 1.165) is 5.56 Å². The van der Waals surface area contributed by atoms with Crippen LogP contribution in [-0.2, 0) is 19.1 Å². The molecule has 0 fully saturated rings. The predicted octanol–water partition coefficient (Wildman–Crippen LogP) is 2.89. The maximum absolute atomic E-state index is 12.5. The summed E-state index contributed by atoms with van der Waals surface area (Å²) in [5.74, 6) is -2.01. The number of nitrogens with one attached hydrogen (secondary N) is 3. The fraction of sp³-hybridized carbons (Fsp3) is 0.304. The van der Waals surface area contributed by atoms with Crippen molar-refractivity contribution >= 4 is 35.1 Å². The predicted molar refractivity (Wildman–Crippen MR) is 118 cm³/mol. The number of anilines is 2. The van der Waals surface area contributed by atoms with Crippen LogP contribution in [0.2, 0.25) is 0 Å². The summed E-state index contributed by atoms with van der Waals surface area (Å²) in [5, 5.41) is 7.92. The minimum atomic E-state index is -0.892. The van der Waals surface area contributed by atoms with Gasteiger partial charge in [-0.1, -0.05) is 32.0 Å². The van der Waals surface area contributed by atoms with Crippen molar-refractivity contribution in [3.63, 3.8) is 0 Å². The van der Waals surface area contributed by atoms with E-state index in [-0.39, 0.29) is 17.7 Å². The summed E-state index contributed by atoms with van der Waals surface area (Å²) in [7, 11) is 0. The third kappa shape index (κ3) is 7.26. The summed E-state index contributed by atoms with van der Waals surface area (Å²) in [6, 6.07) is 12.7. The molecule has 0 aliphatic rings. The molecule has 2 aromatic carbocycles. The number of amides is 3. The minimum Gasteiger partial charge on any atom is -0.454 e. The monoisotopic (exact) mass is 425 g/mol. The van der Waals surface area contributed by atoms with Gasteiger partial charge in [0.25, 0.3) is 11.8 Å². The molecule has 3 amide bonds. The van der Waals surface area contributed by atoms with Gasteiger partial charge >= 0.3 is 5.97 Å². The second kappa shape index (κ2) is 10.9. The number of benzene rings is 2. The van der Waals surface area contributed by atoms with E-state index in [4.69, 9.17) is 4.74 Å². The molecular weight excluding hydrogens is 398 g/mol. The molecule has 0 heterocycles. The molecule has 0 saturated heterocycles. The molecule has 8 heteroatoms. The van der Waals surface area contributed by atoms with Gasteiger partial charge in [-0.25, -0.2) is 4.79 Å². The van der Waals surface area contributed by atoms with Crippen LogP contribution in [0.4, 0.5) is 11.4 Å². The van der Waals surface area contributed by atoms with Crippen molar-refractivity contribution in [2.75, 3.05) is 17.2 Å². The van der Waals surface area contributed by atoms with Crippen molar-refractivity contribution in [1.82, 2.24) is 5.32 Å². The molecule has 2 aromatic rings. The van der Waals surface area contributed by atoms with Crippen LogP contribution in [0.5, 0.6) is 0 Å². The van der Waals surface area contributed by atoms with Gasteiger partial charge in [-0.2, -0.15) is 0 Å². The number of hydrogen-bond acceptors (Lipinski definition) is 5. The lowest BCUT2D eigenvalue weighted by Crippen LogP contribution is -2.46. The highest BCUT2D eigenvalue weighted by atomic mass is 16.5. The Hall–Kier alpha value is -3.68. The average Bonchev–Trinajstić information content (AvgIpc) is 2.71. The van der Waals surface area contributed by atoms with Crippen LogP contribution in [0.1, 0.15) is 36.7 Å². The maximum atomic E-state index is 12.5. The number of esters is 1. The maximum Gasteiger partial charge on any atom is 0.329 e. The van der Waals surface area contributed by atoms with Crippen LogP contribution < -0.4 is 16.0 Å². The first-order valence-electron chi connectivity index (χ1n) is 9.88. The lowest BCUT2D eigenvalue weighted by Gasteiger charge is -2.21. The van der Waals surface area contributed by atoms with E-state index in [1.165, 1.54) is 6.92 Å². The molecule has 0 spiro atoms. The Morgan fingerprint density at radius 2 is 1.48 bits per heavy atom. The largest absolute Gasteiger partial charge is 0.454 e. The normalized spacial score (nSPS) is 11.4. The number of hydrogen-bond donors (Lipinski definition) is 3. The molecule has 0 saturated carbocycles. The summed E-state index contributed by atoms with van der Waals surface area (Å²) in [5.41, 5.74) is 2.35. The van der Waals surface area contributed by atoms with Crippen molar-refractivity contribution in [3.05, 3.63) is 59.7 Å². The topological polar surface area (TPSA) is 114 Å². The van der Waals surface area contributed by atoms with Crippen molar-refractivity contribution in [3.8, 4) is 0 Å². The Labute approximate surface area is 181 Å². The molecule has 8 nitrogen and oxygen atoms in total. The quantitative estimate of drug-likeness (QED) is 0.563. The number of ether oxygens (including phenoxy) is 1. The van der Waals surface area contributed by atoms with Gasteiger partial charge in [0.15, 0.2) is 6.61 Å². The molecule has 0 aliphatic heterocycles. The Morgan fingerprint density at radius 3 is 2.03 bits per heavy atom. The molecule has 3 N–H and O–H groups in total. The van der Waals surface area contributed by atoms with Gasteiger partial charge in [0.2, 0.25) is 5.91 Å². The van der Waals surface area contributed by atoms with Gasteiger partial charge in [-0.15, -0.1) is 0 Å². The SMILES string of the molecule is CC(=O)Nc1ccc(NC(=O)COC(=O)[C@@H](NC(=O)c2ccccc2C)C(C)C)cc1. The molecule has 0 radical (unpaired) electrons. The van der Waals surface area contributed by atoms with Gasteiger partial charge in [0.05, 0.1) is 0 Å². The van der Waals surface area contributed by atoms with Crippen molar-refractivity contribution in [1.29, 1.82) is 0 Å². The van der Waals surface area contributed by atoms with Gasteiger partial charge in [0.1, 0.15) is 6.04 Å². The van der Waals surface area contributed by atoms with E-state index >= 15 is 0 Å². The second-order valence-corrected chi connectivity index (χ2v) is 7.42. The van der Waals surface area contributed by atoms with Gasteiger partial charge < -0.3 is 20.7 Å². The fourth-order valence-electron chi connectivity index (χ4n) is 2.81. The van der Waals surface area contributed by atoms with E-state index in [0.29, 0.717) is 16.9 Å². The summed E-state index contributed by atoms with van der Waals surface area (Å²) in [6.45, 7) is 6.28. The zero-order valence-electron chi connectivity index (χ0n) is 18.0. The molecule has 0 aromatic heterocycles. The first-order chi connectivity index (χ1) is 14.7. The number of carbonyl (C=O) groups is 4. The smallest absolute Gasteiger partial charge is 0.329 e. The van der Waals surface area contributed by atoms with Gasteiger partial charge in [-0.3, -0.25) is 14.4 Å². The molecule has 0 unspecified atom stereocenters. The summed E-state index contributed by atoms with van der Waals surface area (Å²) in [6.07, 6.45) is 0. The van der Waals surface area contributed by atoms with Crippen molar-refractivity contribution < 1.29 is 23.9 Å². The van der Waals surface area contributed by atoms with E-state index in [9.17, 15) is 19.2 Å². The lowest BCUT2D eigenvalue weighted by atomic mass is 10.0. The van der Waals surface area contributed by atoms with Crippen molar-refractivity contribution in [2.24, 2.45) is 5.92 Å². The Morgan fingerprint density at radius 1 is 0.903 bits per heavy atom. The van der Waals surface area contributed by atoms with Gasteiger partial charge in [-0.05, 0) is 48.7 Å². The van der Waals surface area contributed by atoms with Crippen LogP contribution >= 0.6 is 0 Å². The molecule has 164 valence electrons. The van der Waals surface area contributed by atoms with Crippen LogP contribution in [0, 0.1) is 12.8 Å². The van der Waals surface area contributed by atoms with E-state index in [1.807, 2.05) is 19.1 Å². The highest BCUT2D eigenvalue weighted by molar-refractivity contribution is 5.98. The minimum absolute atomic E-state index is 0.196. The molecule has 31 heavy (non-hydrogen) atoms. The molecular formula is C23H27N3O5. The summed E-state index contributed by atoms with van der Waals surface area (Å²) in [4.78, 5) is 48.2. The standard InChI is InChI=1S/C23H27N3O5/c1-14(2)21(26-22(29)19-8-6-5-7-15(19)3)23(30)31-13-20(28)25-18-11-9-17(10-12-18)24-16(4)27/h5-12,14,21H,13H2,1-4H3,(H,24,27)(H,25,28)(H,26,29)/t21-/m0/s1. The zero-order valence-corrected chi connectivity index (χ0v) is 18.0. The number of carbonyl (C=O) groups excluding carboxylic acids is 4. The molecule has 0 bridgehead atoms. The van der Waals surface area contributed by atoms with E-state index < -0.39 is 24.5 Å². The van der Waals surface area contributed by atoms with Crippen LogP contribution in [0.3, 0.4) is 0 Å². The van der Waals surface area contributed by atoms with E-state index in [1.54, 1.807) is 50.2 Å². The third-order valence-corrected chi connectivity index (χ3v) is 4.43. The summed E-state index contributed by atoms with van der Waals surface area (Å²) < 4.78 is 5.12. The first kappa shape index (κ1) is 23.6. The molecule has 0 aliphatic carbocycles. The highest BCUT2D eigenvalue weighted by Crippen LogP contribution is 2.14. The molecule has 2 rings (SSSR count). The number of rotatable bonds is 8.